The van der Waals surface area contributed by atoms with Crippen LogP contribution in [0.4, 0.5) is 13.2 Å². The van der Waals surface area contributed by atoms with Gasteiger partial charge in [-0.15, -0.1) is 0 Å². The Morgan fingerprint density at radius 1 is 1.31 bits per heavy atom. The summed E-state index contributed by atoms with van der Waals surface area (Å²) in [4.78, 5) is 9.18. The van der Waals surface area contributed by atoms with E-state index in [9.17, 15) is 18.0 Å². The lowest BCUT2D eigenvalue weighted by molar-refractivity contribution is -0.137. The lowest BCUT2D eigenvalue weighted by Gasteiger charge is -2.28. The van der Waals surface area contributed by atoms with Crippen molar-refractivity contribution in [3.8, 4) is 0 Å². The predicted molar refractivity (Wildman–Crippen MR) is 45.3 cm³/mol. The van der Waals surface area contributed by atoms with Gasteiger partial charge in [0.15, 0.2) is 0 Å². The summed E-state index contributed by atoms with van der Waals surface area (Å²) in [7, 11) is 0. The van der Waals surface area contributed by atoms with Gasteiger partial charge in [0.05, 0.1) is 11.8 Å². The van der Waals surface area contributed by atoms with Crippen molar-refractivity contribution in [2.75, 3.05) is 20.0 Å². The first-order valence-electron chi connectivity index (χ1n) is 3.56. The van der Waals surface area contributed by atoms with Crippen molar-refractivity contribution in [3.63, 3.8) is 0 Å². The first kappa shape index (κ1) is 12.7. The summed E-state index contributed by atoms with van der Waals surface area (Å²) in [5, 5.41) is 8.34. The van der Waals surface area contributed by atoms with Crippen molar-refractivity contribution in [2.45, 2.75) is 11.2 Å². The highest BCUT2D eigenvalue weighted by atomic mass is 79.9. The summed E-state index contributed by atoms with van der Waals surface area (Å²) >= 11 is 2.78. The normalized spacial score (nSPS) is 14.2. The molecule has 13 heavy (non-hydrogen) atoms. The summed E-state index contributed by atoms with van der Waals surface area (Å²) in [6.07, 6.45) is -0.502. The molecular formula is C7H10BrF3O2. The third-order valence-electron chi connectivity index (χ3n) is 1.82. The van der Waals surface area contributed by atoms with Gasteiger partial charge in [0, 0.05) is 4.83 Å². The Balaban J connectivity index is 4.43. The summed E-state index contributed by atoms with van der Waals surface area (Å²) in [5.41, 5.74) is -1.85. The van der Waals surface area contributed by atoms with Crippen LogP contribution in [0.3, 0.4) is 0 Å². The summed E-state index contributed by atoms with van der Waals surface area (Å²) in [5.74, 6) is -1.22. The van der Waals surface area contributed by atoms with Gasteiger partial charge in [0.1, 0.15) is 20.0 Å². The van der Waals surface area contributed by atoms with Gasteiger partial charge in [0.2, 0.25) is 0 Å². The quantitative estimate of drug-likeness (QED) is 0.745. The first-order valence-corrected chi connectivity index (χ1v) is 4.47. The van der Waals surface area contributed by atoms with E-state index in [-0.39, 0.29) is 0 Å². The molecule has 0 saturated heterocycles. The maximum atomic E-state index is 12.3. The fraction of sp³-hybridized carbons (Fsp3) is 0.857. The molecule has 0 aliphatic rings. The van der Waals surface area contributed by atoms with Crippen LogP contribution in [-0.4, -0.2) is 35.9 Å². The zero-order valence-corrected chi connectivity index (χ0v) is 8.36. The standard InChI is InChI=1S/C7H10BrF3O2/c8-5(1-6(12)13)7(2-9,3-10)4-11/h5H,1-4H2,(H,12,13). The maximum Gasteiger partial charge on any atom is 0.304 e. The highest BCUT2D eigenvalue weighted by Gasteiger charge is 2.39. The Labute approximate surface area is 82.2 Å². The molecule has 1 unspecified atom stereocenters. The smallest absolute Gasteiger partial charge is 0.304 e. The molecule has 0 aliphatic heterocycles. The molecular weight excluding hydrogens is 253 g/mol. The molecule has 0 aromatic carbocycles. The molecule has 0 radical (unpaired) electrons. The second-order valence-electron chi connectivity index (χ2n) is 2.83. The van der Waals surface area contributed by atoms with Crippen LogP contribution < -0.4 is 0 Å². The SMILES string of the molecule is O=C(O)CC(Br)C(CF)(CF)CF. The molecule has 6 heteroatoms. The number of carboxylic acids is 1. The molecule has 0 bridgehead atoms. The summed E-state index contributed by atoms with van der Waals surface area (Å²) in [6.45, 7) is -3.66. The molecule has 0 aromatic heterocycles. The van der Waals surface area contributed by atoms with Gasteiger partial charge in [-0.1, -0.05) is 15.9 Å². The van der Waals surface area contributed by atoms with Gasteiger partial charge in [-0.25, -0.2) is 0 Å². The van der Waals surface area contributed by atoms with Crippen molar-refractivity contribution in [3.05, 3.63) is 0 Å². The minimum atomic E-state index is -1.85. The molecule has 0 fully saturated rings. The van der Waals surface area contributed by atoms with Crippen molar-refractivity contribution < 1.29 is 23.1 Å². The van der Waals surface area contributed by atoms with E-state index in [0.717, 1.165) is 0 Å². The molecule has 0 spiro atoms. The predicted octanol–water partition coefficient (Wildman–Crippen LogP) is 2.12. The Kier molecular flexibility index (Phi) is 5.36. The summed E-state index contributed by atoms with van der Waals surface area (Å²) in [6, 6.07) is 0. The van der Waals surface area contributed by atoms with Crippen LogP contribution >= 0.6 is 15.9 Å². The molecule has 0 rings (SSSR count). The van der Waals surface area contributed by atoms with Crippen molar-refractivity contribution >= 4 is 21.9 Å². The van der Waals surface area contributed by atoms with Crippen molar-refractivity contribution in [2.24, 2.45) is 5.41 Å². The molecule has 1 atom stereocenters. The van der Waals surface area contributed by atoms with Crippen molar-refractivity contribution in [1.82, 2.24) is 0 Å². The Morgan fingerprint density at radius 3 is 1.92 bits per heavy atom. The van der Waals surface area contributed by atoms with Crippen LogP contribution in [0.2, 0.25) is 0 Å². The number of alkyl halides is 4. The van der Waals surface area contributed by atoms with Gasteiger partial charge in [-0.2, -0.15) is 0 Å². The summed E-state index contributed by atoms with van der Waals surface area (Å²) < 4.78 is 36.9. The Bertz CT molecular complexity index is 165. The molecule has 0 heterocycles. The Morgan fingerprint density at radius 2 is 1.69 bits per heavy atom. The van der Waals surface area contributed by atoms with E-state index < -0.39 is 42.7 Å². The lowest BCUT2D eigenvalue weighted by Crippen LogP contribution is -2.39. The number of carboxylic acid groups (broad SMARTS) is 1. The number of hydrogen-bond donors (Lipinski definition) is 1. The molecule has 0 aliphatic carbocycles. The maximum absolute atomic E-state index is 12.3. The van der Waals surface area contributed by atoms with Crippen molar-refractivity contribution in [1.29, 1.82) is 0 Å². The van der Waals surface area contributed by atoms with Crippen LogP contribution in [0.5, 0.6) is 0 Å². The number of hydrogen-bond acceptors (Lipinski definition) is 1. The average molecular weight is 263 g/mol. The molecule has 78 valence electrons. The number of halogens is 4. The highest BCUT2D eigenvalue weighted by Crippen LogP contribution is 2.32. The van der Waals surface area contributed by atoms with Crippen LogP contribution in [0.25, 0.3) is 0 Å². The number of carbonyl (C=O) groups is 1. The zero-order chi connectivity index (χ0) is 10.5. The second kappa shape index (κ2) is 5.47. The van der Waals surface area contributed by atoms with Crippen LogP contribution in [0, 0.1) is 5.41 Å². The van der Waals surface area contributed by atoms with Crippen LogP contribution in [0.15, 0.2) is 0 Å². The minimum absolute atomic E-state index is 0.502. The molecule has 0 amide bonds. The van der Waals surface area contributed by atoms with Gasteiger partial charge >= 0.3 is 5.97 Å². The zero-order valence-electron chi connectivity index (χ0n) is 6.77. The Hall–Kier alpha value is -0.260. The first-order chi connectivity index (χ1) is 6.02. The number of rotatable bonds is 6. The highest BCUT2D eigenvalue weighted by molar-refractivity contribution is 9.09. The fourth-order valence-corrected chi connectivity index (χ4v) is 1.37. The van der Waals surface area contributed by atoms with Crippen LogP contribution in [0.1, 0.15) is 6.42 Å². The van der Waals surface area contributed by atoms with Gasteiger partial charge in [-0.3, -0.25) is 18.0 Å². The van der Waals surface area contributed by atoms with Gasteiger partial charge in [0.25, 0.3) is 0 Å². The van der Waals surface area contributed by atoms with E-state index in [1.807, 2.05) is 0 Å². The fourth-order valence-electron chi connectivity index (χ4n) is 0.728. The third-order valence-corrected chi connectivity index (χ3v) is 3.11. The molecule has 0 aromatic rings. The lowest BCUT2D eigenvalue weighted by atomic mass is 9.87. The van der Waals surface area contributed by atoms with E-state index in [4.69, 9.17) is 5.11 Å². The van der Waals surface area contributed by atoms with E-state index in [2.05, 4.69) is 15.9 Å². The van der Waals surface area contributed by atoms with Gasteiger partial charge in [-0.05, 0) is 0 Å². The molecule has 0 saturated carbocycles. The monoisotopic (exact) mass is 262 g/mol. The molecule has 1 N–H and O–H groups in total. The number of aliphatic carboxylic acids is 1. The third kappa shape index (κ3) is 3.17. The second-order valence-corrected chi connectivity index (χ2v) is 3.93. The topological polar surface area (TPSA) is 37.3 Å². The van der Waals surface area contributed by atoms with Crippen LogP contribution in [-0.2, 0) is 4.79 Å². The van der Waals surface area contributed by atoms with E-state index >= 15 is 0 Å². The van der Waals surface area contributed by atoms with E-state index in [1.54, 1.807) is 0 Å². The van der Waals surface area contributed by atoms with Gasteiger partial charge < -0.3 is 5.11 Å². The minimum Gasteiger partial charge on any atom is -0.481 e. The average Bonchev–Trinajstić information content (AvgIpc) is 2.07. The molecule has 2 nitrogen and oxygen atoms in total. The van der Waals surface area contributed by atoms with E-state index in [1.165, 1.54) is 0 Å². The largest absolute Gasteiger partial charge is 0.481 e. The van der Waals surface area contributed by atoms with E-state index in [0.29, 0.717) is 0 Å².